The molecule has 0 fully saturated rings. The summed E-state index contributed by atoms with van der Waals surface area (Å²) in [4.78, 5) is 4.51. The number of nitriles is 1. The lowest BCUT2D eigenvalue weighted by molar-refractivity contribution is 0.483. The average molecular weight is 388 g/mol. The fourth-order valence-corrected chi connectivity index (χ4v) is 3.45. The Morgan fingerprint density at radius 2 is 1.47 bits per heavy atom. The van der Waals surface area contributed by atoms with E-state index in [1.165, 1.54) is 0 Å². The molecule has 30 heavy (non-hydrogen) atoms. The molecule has 5 nitrogen and oxygen atoms in total. The zero-order valence-corrected chi connectivity index (χ0v) is 15.9. The predicted octanol–water partition coefficient (Wildman–Crippen LogP) is 5.73. The second-order valence-electron chi connectivity index (χ2n) is 6.73. The number of nitrogens with zero attached hydrogens (tertiary/aromatic N) is 4. The number of ether oxygens (including phenoxy) is 1. The molecule has 5 rings (SSSR count). The number of benzene rings is 3. The first-order chi connectivity index (χ1) is 14.8. The maximum Gasteiger partial charge on any atom is 0.173 e. The van der Waals surface area contributed by atoms with Gasteiger partial charge >= 0.3 is 0 Å². The summed E-state index contributed by atoms with van der Waals surface area (Å²) in [5, 5.41) is 13.9. The Balaban J connectivity index is 1.70. The summed E-state index contributed by atoms with van der Waals surface area (Å²) < 4.78 is 7.75. The second kappa shape index (κ2) is 7.53. The third-order valence-corrected chi connectivity index (χ3v) is 4.82. The first-order valence-electron chi connectivity index (χ1n) is 9.49. The van der Waals surface area contributed by atoms with E-state index in [0.717, 1.165) is 33.9 Å². The van der Waals surface area contributed by atoms with Crippen LogP contribution in [0.25, 0.3) is 28.0 Å². The van der Waals surface area contributed by atoms with Gasteiger partial charge in [-0.1, -0.05) is 60.7 Å². The fraction of sp³-hybridized carbons (Fsp3) is 0. The predicted molar refractivity (Wildman–Crippen MR) is 115 cm³/mol. The van der Waals surface area contributed by atoms with Gasteiger partial charge in [0.05, 0.1) is 11.9 Å². The van der Waals surface area contributed by atoms with Gasteiger partial charge in [-0.15, -0.1) is 0 Å². The molecule has 0 aliphatic heterocycles. The zero-order chi connectivity index (χ0) is 20.3. The Morgan fingerprint density at radius 1 is 0.767 bits per heavy atom. The minimum atomic E-state index is 0.438. The summed E-state index contributed by atoms with van der Waals surface area (Å²) in [5.74, 6) is 1.49. The van der Waals surface area contributed by atoms with Gasteiger partial charge < -0.3 is 4.74 Å². The molecule has 142 valence electrons. The number of para-hydroxylation sites is 1. The van der Waals surface area contributed by atoms with Gasteiger partial charge in [0.25, 0.3) is 0 Å². The van der Waals surface area contributed by atoms with Gasteiger partial charge in [0.2, 0.25) is 0 Å². The Hall–Kier alpha value is -4.43. The number of aromatic nitrogens is 3. The number of fused-ring (bicyclic) bond motifs is 1. The molecule has 5 aromatic rings. The van der Waals surface area contributed by atoms with Crippen LogP contribution in [-0.2, 0) is 0 Å². The highest BCUT2D eigenvalue weighted by Gasteiger charge is 2.17. The molecule has 3 aromatic carbocycles. The van der Waals surface area contributed by atoms with E-state index in [0.29, 0.717) is 11.2 Å². The number of hydrogen-bond donors (Lipinski definition) is 0. The van der Waals surface area contributed by atoms with E-state index in [-0.39, 0.29) is 0 Å². The molecule has 0 spiro atoms. The number of rotatable bonds is 4. The standard InChI is InChI=1S/C25H16N4O/c26-15-20-16-28-29-24(23(17-27-25(20)29)18-8-3-1-4-9-18)19-10-7-13-22(14-19)30-21-11-5-2-6-12-21/h1-14,16-17H. The molecule has 0 atom stereocenters. The van der Waals surface area contributed by atoms with E-state index in [1.807, 2.05) is 84.9 Å². The minimum Gasteiger partial charge on any atom is -0.457 e. The van der Waals surface area contributed by atoms with Gasteiger partial charge in [-0.25, -0.2) is 9.50 Å². The molecule has 0 aliphatic carbocycles. The van der Waals surface area contributed by atoms with Crippen LogP contribution >= 0.6 is 0 Å². The van der Waals surface area contributed by atoms with Gasteiger partial charge in [-0.2, -0.15) is 10.4 Å². The molecular formula is C25H16N4O. The summed E-state index contributed by atoms with van der Waals surface area (Å²) in [6, 6.07) is 29.7. The SMILES string of the molecule is N#Cc1cnn2c(-c3cccc(Oc4ccccc4)c3)c(-c3ccccc3)cnc12. The van der Waals surface area contributed by atoms with Crippen LogP contribution in [0.1, 0.15) is 5.56 Å². The first kappa shape index (κ1) is 17.7. The van der Waals surface area contributed by atoms with E-state index in [1.54, 1.807) is 16.9 Å². The van der Waals surface area contributed by atoms with E-state index in [9.17, 15) is 5.26 Å². The molecule has 0 saturated carbocycles. The van der Waals surface area contributed by atoms with Crippen LogP contribution in [0.2, 0.25) is 0 Å². The van der Waals surface area contributed by atoms with Crippen molar-refractivity contribution >= 4 is 5.65 Å². The van der Waals surface area contributed by atoms with Crippen molar-refractivity contribution in [3.63, 3.8) is 0 Å². The molecule has 0 unspecified atom stereocenters. The number of hydrogen-bond acceptors (Lipinski definition) is 4. The lowest BCUT2D eigenvalue weighted by Crippen LogP contribution is -2.00. The van der Waals surface area contributed by atoms with E-state index >= 15 is 0 Å². The third kappa shape index (κ3) is 3.17. The highest BCUT2D eigenvalue weighted by molar-refractivity contribution is 5.83. The Kier molecular flexibility index (Phi) is 4.43. The lowest BCUT2D eigenvalue weighted by Gasteiger charge is -2.13. The first-order valence-corrected chi connectivity index (χ1v) is 9.49. The maximum atomic E-state index is 9.42. The molecule has 2 aromatic heterocycles. The van der Waals surface area contributed by atoms with E-state index < -0.39 is 0 Å². The Morgan fingerprint density at radius 3 is 2.23 bits per heavy atom. The van der Waals surface area contributed by atoms with Crippen molar-refractivity contribution in [2.45, 2.75) is 0 Å². The van der Waals surface area contributed by atoms with Crippen molar-refractivity contribution in [2.24, 2.45) is 0 Å². The minimum absolute atomic E-state index is 0.438. The van der Waals surface area contributed by atoms with Crippen LogP contribution in [0, 0.1) is 11.3 Å². The van der Waals surface area contributed by atoms with Crippen molar-refractivity contribution in [2.75, 3.05) is 0 Å². The molecule has 0 radical (unpaired) electrons. The van der Waals surface area contributed by atoms with Crippen molar-refractivity contribution in [1.82, 2.24) is 14.6 Å². The quantitative estimate of drug-likeness (QED) is 0.395. The molecular weight excluding hydrogens is 372 g/mol. The van der Waals surface area contributed by atoms with Crippen LogP contribution in [0.3, 0.4) is 0 Å². The molecule has 0 bridgehead atoms. The van der Waals surface area contributed by atoms with E-state index in [4.69, 9.17) is 4.74 Å². The highest BCUT2D eigenvalue weighted by Crippen LogP contribution is 2.34. The van der Waals surface area contributed by atoms with Gasteiger partial charge in [-0.3, -0.25) is 0 Å². The van der Waals surface area contributed by atoms with Crippen LogP contribution in [-0.4, -0.2) is 14.6 Å². The van der Waals surface area contributed by atoms with Crippen LogP contribution in [0.5, 0.6) is 11.5 Å². The van der Waals surface area contributed by atoms with E-state index in [2.05, 4.69) is 16.2 Å². The van der Waals surface area contributed by atoms with Gasteiger partial charge in [0.15, 0.2) is 5.65 Å². The van der Waals surface area contributed by atoms with Crippen molar-refractivity contribution in [3.05, 3.63) is 103 Å². The molecule has 0 saturated heterocycles. The largest absolute Gasteiger partial charge is 0.457 e. The topological polar surface area (TPSA) is 63.2 Å². The Bertz CT molecular complexity index is 1370. The summed E-state index contributed by atoms with van der Waals surface area (Å²) in [7, 11) is 0. The van der Waals surface area contributed by atoms with Crippen molar-refractivity contribution in [3.8, 4) is 40.0 Å². The fourth-order valence-electron chi connectivity index (χ4n) is 3.45. The molecule has 5 heteroatoms. The van der Waals surface area contributed by atoms with Crippen LogP contribution < -0.4 is 4.74 Å². The van der Waals surface area contributed by atoms with Crippen molar-refractivity contribution < 1.29 is 4.74 Å². The van der Waals surface area contributed by atoms with Gasteiger partial charge in [0, 0.05) is 17.3 Å². The molecule has 2 heterocycles. The van der Waals surface area contributed by atoms with Gasteiger partial charge in [-0.05, 0) is 29.8 Å². The second-order valence-corrected chi connectivity index (χ2v) is 6.73. The summed E-state index contributed by atoms with van der Waals surface area (Å²) >= 11 is 0. The van der Waals surface area contributed by atoms with Crippen molar-refractivity contribution in [1.29, 1.82) is 5.26 Å². The Labute approximate surface area is 173 Å². The third-order valence-electron chi connectivity index (χ3n) is 4.82. The normalized spacial score (nSPS) is 10.6. The van der Waals surface area contributed by atoms with Gasteiger partial charge in [0.1, 0.15) is 23.1 Å². The average Bonchev–Trinajstić information content (AvgIpc) is 3.23. The molecule has 0 N–H and O–H groups in total. The molecule has 0 aliphatic rings. The monoisotopic (exact) mass is 388 g/mol. The van der Waals surface area contributed by atoms with Crippen LogP contribution in [0.4, 0.5) is 0 Å². The summed E-state index contributed by atoms with van der Waals surface area (Å²) in [5.41, 5.74) is 4.68. The summed E-state index contributed by atoms with van der Waals surface area (Å²) in [6.45, 7) is 0. The maximum absolute atomic E-state index is 9.42. The molecule has 0 amide bonds. The lowest BCUT2D eigenvalue weighted by atomic mass is 10.0. The summed E-state index contributed by atoms with van der Waals surface area (Å²) in [6.07, 6.45) is 3.35. The highest BCUT2D eigenvalue weighted by atomic mass is 16.5. The zero-order valence-electron chi connectivity index (χ0n) is 15.9. The van der Waals surface area contributed by atoms with Crippen LogP contribution in [0.15, 0.2) is 97.3 Å². The smallest absolute Gasteiger partial charge is 0.173 e.